The van der Waals surface area contributed by atoms with Crippen LogP contribution in [0.4, 0.5) is 0 Å². The summed E-state index contributed by atoms with van der Waals surface area (Å²) < 4.78 is 0.789. The second kappa shape index (κ2) is 6.04. The van der Waals surface area contributed by atoms with Crippen molar-refractivity contribution in [1.82, 2.24) is 4.90 Å². The molecule has 1 saturated carbocycles. The van der Waals surface area contributed by atoms with Crippen LogP contribution in [0.25, 0.3) is 0 Å². The quantitative estimate of drug-likeness (QED) is 0.922. The smallest absolute Gasteiger partial charge is 0.308 e. The number of carboxylic acids is 1. The molecule has 18 heavy (non-hydrogen) atoms. The Balaban J connectivity index is 2.01. The maximum atomic E-state index is 11.3. The van der Waals surface area contributed by atoms with Crippen LogP contribution >= 0.6 is 22.9 Å². The largest absolute Gasteiger partial charge is 0.481 e. The molecule has 1 heterocycles. The number of carboxylic acid groups (broad SMARTS) is 1. The molecule has 2 rings (SSSR count). The third-order valence-electron chi connectivity index (χ3n) is 3.65. The number of hydrogen-bond acceptors (Lipinski definition) is 3. The molecule has 0 amide bonds. The Morgan fingerprint density at radius 1 is 1.50 bits per heavy atom. The zero-order valence-electron chi connectivity index (χ0n) is 10.4. The van der Waals surface area contributed by atoms with Gasteiger partial charge >= 0.3 is 5.97 Å². The maximum Gasteiger partial charge on any atom is 0.308 e. The van der Waals surface area contributed by atoms with Gasteiger partial charge in [-0.3, -0.25) is 9.69 Å². The van der Waals surface area contributed by atoms with Crippen LogP contribution in [-0.4, -0.2) is 29.1 Å². The molecule has 1 aliphatic carbocycles. The second-order valence-corrected chi connectivity index (χ2v) is 6.72. The highest BCUT2D eigenvalue weighted by molar-refractivity contribution is 7.16. The molecule has 0 aliphatic heterocycles. The van der Waals surface area contributed by atoms with Crippen LogP contribution in [0.1, 0.15) is 30.6 Å². The number of rotatable bonds is 4. The summed E-state index contributed by atoms with van der Waals surface area (Å²) in [6.07, 6.45) is 3.94. The molecule has 2 unspecified atom stereocenters. The Morgan fingerprint density at radius 2 is 2.22 bits per heavy atom. The van der Waals surface area contributed by atoms with Crippen LogP contribution in [0.2, 0.25) is 4.34 Å². The van der Waals surface area contributed by atoms with Gasteiger partial charge in [0.2, 0.25) is 0 Å². The summed E-state index contributed by atoms with van der Waals surface area (Å²) in [5.74, 6) is -0.880. The van der Waals surface area contributed by atoms with Crippen LogP contribution in [0.5, 0.6) is 0 Å². The number of halogens is 1. The highest BCUT2D eigenvalue weighted by atomic mass is 35.5. The van der Waals surface area contributed by atoms with Crippen LogP contribution in [0.15, 0.2) is 12.1 Å². The van der Waals surface area contributed by atoms with Gasteiger partial charge in [0, 0.05) is 17.5 Å². The molecule has 3 nitrogen and oxygen atoms in total. The van der Waals surface area contributed by atoms with Gasteiger partial charge in [0.1, 0.15) is 0 Å². The molecule has 0 spiro atoms. The maximum absolute atomic E-state index is 11.3. The van der Waals surface area contributed by atoms with E-state index in [4.69, 9.17) is 11.6 Å². The highest BCUT2D eigenvalue weighted by Gasteiger charge is 2.33. The lowest BCUT2D eigenvalue weighted by Gasteiger charge is -2.35. The fourth-order valence-corrected chi connectivity index (χ4v) is 3.88. The van der Waals surface area contributed by atoms with Crippen molar-refractivity contribution in [3.63, 3.8) is 0 Å². The summed E-state index contributed by atoms with van der Waals surface area (Å²) in [5, 5.41) is 9.28. The zero-order chi connectivity index (χ0) is 13.1. The van der Waals surface area contributed by atoms with E-state index in [2.05, 4.69) is 4.90 Å². The minimum Gasteiger partial charge on any atom is -0.481 e. The van der Waals surface area contributed by atoms with Crippen LogP contribution in [-0.2, 0) is 11.3 Å². The van der Waals surface area contributed by atoms with Crippen molar-refractivity contribution in [3.8, 4) is 0 Å². The number of carbonyl (C=O) groups is 1. The van der Waals surface area contributed by atoms with Gasteiger partial charge in [0.05, 0.1) is 10.3 Å². The van der Waals surface area contributed by atoms with Gasteiger partial charge in [0.15, 0.2) is 0 Å². The van der Waals surface area contributed by atoms with Crippen molar-refractivity contribution in [2.45, 2.75) is 38.3 Å². The van der Waals surface area contributed by atoms with Crippen LogP contribution < -0.4 is 0 Å². The van der Waals surface area contributed by atoms with Crippen molar-refractivity contribution in [3.05, 3.63) is 21.3 Å². The van der Waals surface area contributed by atoms with E-state index in [9.17, 15) is 9.90 Å². The van der Waals surface area contributed by atoms with Crippen molar-refractivity contribution >= 4 is 28.9 Å². The monoisotopic (exact) mass is 287 g/mol. The van der Waals surface area contributed by atoms with E-state index in [1.54, 1.807) is 11.3 Å². The number of nitrogens with zero attached hydrogens (tertiary/aromatic N) is 1. The van der Waals surface area contributed by atoms with E-state index in [0.29, 0.717) is 0 Å². The summed E-state index contributed by atoms with van der Waals surface area (Å²) in [5.41, 5.74) is 0. The summed E-state index contributed by atoms with van der Waals surface area (Å²) in [6.45, 7) is 0.784. The molecule has 2 atom stereocenters. The van der Waals surface area contributed by atoms with Gasteiger partial charge in [-0.25, -0.2) is 0 Å². The fourth-order valence-electron chi connectivity index (χ4n) is 2.73. The van der Waals surface area contributed by atoms with E-state index in [0.717, 1.165) is 36.6 Å². The molecule has 5 heteroatoms. The Labute approximate surface area is 116 Å². The Hall–Kier alpha value is -0.580. The average Bonchev–Trinajstić information content (AvgIpc) is 2.74. The molecule has 1 aliphatic rings. The number of thiophene rings is 1. The van der Waals surface area contributed by atoms with Gasteiger partial charge in [-0.1, -0.05) is 24.4 Å². The first-order valence-corrected chi connectivity index (χ1v) is 7.44. The molecule has 0 bridgehead atoms. The van der Waals surface area contributed by atoms with Gasteiger partial charge in [-0.05, 0) is 32.0 Å². The highest BCUT2D eigenvalue weighted by Crippen LogP contribution is 2.30. The summed E-state index contributed by atoms with van der Waals surface area (Å²) in [7, 11) is 2.01. The lowest BCUT2D eigenvalue weighted by Crippen LogP contribution is -2.42. The Morgan fingerprint density at radius 3 is 2.83 bits per heavy atom. The molecule has 1 aromatic heterocycles. The first kappa shape index (κ1) is 13.8. The molecule has 0 aromatic carbocycles. The molecule has 0 radical (unpaired) electrons. The summed E-state index contributed by atoms with van der Waals surface area (Å²) in [6, 6.07) is 4.06. The normalized spacial score (nSPS) is 24.4. The van der Waals surface area contributed by atoms with Crippen molar-refractivity contribution in [2.24, 2.45) is 5.92 Å². The lowest BCUT2D eigenvalue weighted by molar-refractivity contribution is -0.145. The first-order valence-electron chi connectivity index (χ1n) is 6.25. The third kappa shape index (κ3) is 3.25. The van der Waals surface area contributed by atoms with Gasteiger partial charge in [0.25, 0.3) is 0 Å². The van der Waals surface area contributed by atoms with Gasteiger partial charge in [-0.2, -0.15) is 0 Å². The SMILES string of the molecule is CN(Cc1ccc(Cl)s1)C1CCCCC1C(=O)O. The first-order chi connectivity index (χ1) is 8.58. The van der Waals surface area contributed by atoms with E-state index in [1.807, 2.05) is 19.2 Å². The second-order valence-electron chi connectivity index (χ2n) is 4.92. The predicted octanol–water partition coefficient (Wildman–Crippen LogP) is 3.48. The molecular formula is C13H18ClNO2S. The van der Waals surface area contributed by atoms with E-state index in [1.165, 1.54) is 4.88 Å². The fraction of sp³-hybridized carbons (Fsp3) is 0.615. The van der Waals surface area contributed by atoms with Crippen molar-refractivity contribution < 1.29 is 9.90 Å². The average molecular weight is 288 g/mol. The van der Waals surface area contributed by atoms with E-state index < -0.39 is 5.97 Å². The molecule has 0 saturated heterocycles. The minimum atomic E-state index is -0.657. The van der Waals surface area contributed by atoms with Crippen molar-refractivity contribution in [1.29, 1.82) is 0 Å². The lowest BCUT2D eigenvalue weighted by atomic mass is 9.83. The Kier molecular flexibility index (Phi) is 4.65. The molecule has 100 valence electrons. The summed E-state index contributed by atoms with van der Waals surface area (Å²) >= 11 is 7.48. The topological polar surface area (TPSA) is 40.5 Å². The van der Waals surface area contributed by atoms with Gasteiger partial charge in [-0.15, -0.1) is 11.3 Å². The van der Waals surface area contributed by atoms with E-state index >= 15 is 0 Å². The Bertz CT molecular complexity index is 421. The summed E-state index contributed by atoms with van der Waals surface area (Å²) in [4.78, 5) is 14.6. The zero-order valence-corrected chi connectivity index (χ0v) is 12.0. The number of hydrogen-bond donors (Lipinski definition) is 1. The molecular weight excluding hydrogens is 270 g/mol. The van der Waals surface area contributed by atoms with Crippen molar-refractivity contribution in [2.75, 3.05) is 7.05 Å². The van der Waals surface area contributed by atoms with E-state index in [-0.39, 0.29) is 12.0 Å². The van der Waals surface area contributed by atoms with Crippen LogP contribution in [0, 0.1) is 5.92 Å². The number of aliphatic carboxylic acids is 1. The minimum absolute atomic E-state index is 0.150. The molecule has 1 N–H and O–H groups in total. The van der Waals surface area contributed by atoms with Gasteiger partial charge < -0.3 is 5.11 Å². The predicted molar refractivity (Wildman–Crippen MR) is 74.2 cm³/mol. The van der Waals surface area contributed by atoms with Crippen LogP contribution in [0.3, 0.4) is 0 Å². The molecule has 1 aromatic rings. The standard InChI is InChI=1S/C13H18ClNO2S/c1-15(8-9-6-7-12(14)18-9)11-5-3-2-4-10(11)13(16)17/h6-7,10-11H,2-5,8H2,1H3,(H,16,17). The molecule has 1 fully saturated rings. The third-order valence-corrected chi connectivity index (χ3v) is 4.86.